The van der Waals surface area contributed by atoms with E-state index in [0.717, 1.165) is 24.8 Å². The highest BCUT2D eigenvalue weighted by Gasteiger charge is 2.20. The molecule has 0 saturated carbocycles. The molecule has 0 saturated heterocycles. The first-order valence-corrected chi connectivity index (χ1v) is 10.00. The molecule has 0 aliphatic heterocycles. The number of aliphatic hydroxyl groups is 1. The summed E-state index contributed by atoms with van der Waals surface area (Å²) in [6.45, 7) is 2.51. The summed E-state index contributed by atoms with van der Waals surface area (Å²) in [5.41, 5.74) is 3.32. The van der Waals surface area contributed by atoms with E-state index in [1.807, 2.05) is 24.3 Å². The molecule has 2 N–H and O–H groups in total. The molecule has 0 heterocycles. The third-order valence-corrected chi connectivity index (χ3v) is 5.14. The first-order chi connectivity index (χ1) is 13.5. The minimum Gasteiger partial charge on any atom is -0.482 e. The van der Waals surface area contributed by atoms with Gasteiger partial charge in [-0.1, -0.05) is 29.8 Å². The first kappa shape index (κ1) is 20.6. The molecule has 0 amide bonds. The average Bonchev–Trinajstić information content (AvgIpc) is 2.70. The maximum Gasteiger partial charge on any atom is 0.344 e. The summed E-state index contributed by atoms with van der Waals surface area (Å²) in [6, 6.07) is 13.5. The van der Waals surface area contributed by atoms with E-state index in [1.54, 1.807) is 19.1 Å². The minimum absolute atomic E-state index is 0.0832. The normalized spacial score (nSPS) is 16.9. The van der Waals surface area contributed by atoms with Gasteiger partial charge in [0.25, 0.3) is 0 Å². The van der Waals surface area contributed by atoms with Crippen molar-refractivity contribution in [1.82, 2.24) is 5.32 Å². The molecule has 0 fully saturated rings. The molecule has 28 heavy (non-hydrogen) atoms. The molecule has 2 aromatic rings. The highest BCUT2D eigenvalue weighted by Crippen LogP contribution is 2.26. The number of carbonyl (C=O) groups excluding carboxylic acids is 1. The third-order valence-electron chi connectivity index (χ3n) is 4.90. The Morgan fingerprint density at radius 2 is 2.14 bits per heavy atom. The topological polar surface area (TPSA) is 67.8 Å². The molecule has 0 bridgehead atoms. The van der Waals surface area contributed by atoms with Crippen LogP contribution in [0.2, 0.25) is 5.02 Å². The van der Waals surface area contributed by atoms with Crippen LogP contribution in [0.3, 0.4) is 0 Å². The van der Waals surface area contributed by atoms with Crippen molar-refractivity contribution in [1.29, 1.82) is 0 Å². The molecule has 0 aromatic heterocycles. The van der Waals surface area contributed by atoms with Crippen LogP contribution >= 0.6 is 11.6 Å². The number of carbonyl (C=O) groups is 1. The molecule has 0 unspecified atom stereocenters. The van der Waals surface area contributed by atoms with Crippen LogP contribution in [0.1, 0.15) is 36.1 Å². The number of nitrogens with one attached hydrogen (secondary N) is 1. The van der Waals surface area contributed by atoms with Crippen molar-refractivity contribution >= 4 is 17.6 Å². The van der Waals surface area contributed by atoms with Crippen molar-refractivity contribution in [3.05, 3.63) is 64.2 Å². The molecule has 150 valence electrons. The van der Waals surface area contributed by atoms with Crippen molar-refractivity contribution in [3.8, 4) is 5.75 Å². The number of hydrogen-bond donors (Lipinski definition) is 2. The van der Waals surface area contributed by atoms with E-state index in [1.165, 1.54) is 11.1 Å². The monoisotopic (exact) mass is 403 g/mol. The van der Waals surface area contributed by atoms with Gasteiger partial charge < -0.3 is 19.9 Å². The fourth-order valence-electron chi connectivity index (χ4n) is 3.45. The summed E-state index contributed by atoms with van der Waals surface area (Å²) in [6.07, 6.45) is 2.24. The molecule has 2 aromatic carbocycles. The molecule has 0 radical (unpaired) electrons. The Labute approximate surface area is 170 Å². The van der Waals surface area contributed by atoms with Crippen LogP contribution in [-0.4, -0.2) is 36.9 Å². The minimum atomic E-state index is -0.598. The summed E-state index contributed by atoms with van der Waals surface area (Å²) >= 11 is 6.00. The fourth-order valence-corrected chi connectivity index (χ4v) is 3.65. The lowest BCUT2D eigenvalue weighted by Gasteiger charge is -2.27. The number of halogens is 1. The highest BCUT2D eigenvalue weighted by atomic mass is 35.5. The zero-order valence-electron chi connectivity index (χ0n) is 16.0. The summed E-state index contributed by atoms with van der Waals surface area (Å²) in [5, 5.41) is 14.5. The summed E-state index contributed by atoms with van der Waals surface area (Å²) in [5.74, 6) is 0.307. The van der Waals surface area contributed by atoms with Gasteiger partial charge in [0, 0.05) is 17.6 Å². The number of hydrogen-bond acceptors (Lipinski definition) is 5. The Hall–Kier alpha value is -2.08. The molecular formula is C22H26ClNO4. The van der Waals surface area contributed by atoms with Crippen LogP contribution in [0, 0.1) is 0 Å². The zero-order valence-corrected chi connectivity index (χ0v) is 16.7. The second kappa shape index (κ2) is 9.92. The SMILES string of the molecule is CCOC(=O)COc1ccc2c(c1)C[C@H](NC[C@@H](O)c1cccc(Cl)c1)CC2. The lowest BCUT2D eigenvalue weighted by Crippen LogP contribution is -2.37. The second-order valence-corrected chi connectivity index (χ2v) is 7.38. The fraction of sp³-hybridized carbons (Fsp3) is 0.409. The quantitative estimate of drug-likeness (QED) is 0.660. The third kappa shape index (κ3) is 5.71. The Bertz CT molecular complexity index is 811. The van der Waals surface area contributed by atoms with Crippen LogP contribution < -0.4 is 10.1 Å². The van der Waals surface area contributed by atoms with Gasteiger partial charge in [-0.25, -0.2) is 4.79 Å². The molecule has 2 atom stereocenters. The Kier molecular flexibility index (Phi) is 7.31. The summed E-state index contributed by atoms with van der Waals surface area (Å²) in [7, 11) is 0. The van der Waals surface area contributed by atoms with Gasteiger partial charge in [0.15, 0.2) is 6.61 Å². The molecule has 0 spiro atoms. The van der Waals surface area contributed by atoms with E-state index >= 15 is 0 Å². The highest BCUT2D eigenvalue weighted by molar-refractivity contribution is 6.30. The zero-order chi connectivity index (χ0) is 19.9. The van der Waals surface area contributed by atoms with Crippen molar-refractivity contribution in [3.63, 3.8) is 0 Å². The van der Waals surface area contributed by atoms with Gasteiger partial charge >= 0.3 is 5.97 Å². The first-order valence-electron chi connectivity index (χ1n) is 9.62. The van der Waals surface area contributed by atoms with Gasteiger partial charge in [0.2, 0.25) is 0 Å². The average molecular weight is 404 g/mol. The van der Waals surface area contributed by atoms with E-state index in [-0.39, 0.29) is 18.6 Å². The van der Waals surface area contributed by atoms with Crippen molar-refractivity contribution in [2.75, 3.05) is 19.8 Å². The van der Waals surface area contributed by atoms with Crippen LogP contribution in [0.15, 0.2) is 42.5 Å². The van der Waals surface area contributed by atoms with Gasteiger partial charge in [-0.3, -0.25) is 0 Å². The Balaban J connectivity index is 1.54. The molecule has 5 nitrogen and oxygen atoms in total. The van der Waals surface area contributed by atoms with E-state index in [0.29, 0.717) is 23.9 Å². The van der Waals surface area contributed by atoms with Gasteiger partial charge in [-0.05, 0) is 67.1 Å². The number of esters is 1. The van der Waals surface area contributed by atoms with Crippen molar-refractivity contribution in [2.45, 2.75) is 38.3 Å². The van der Waals surface area contributed by atoms with Crippen molar-refractivity contribution in [2.24, 2.45) is 0 Å². The van der Waals surface area contributed by atoms with Gasteiger partial charge in [-0.2, -0.15) is 0 Å². The Morgan fingerprint density at radius 3 is 2.93 bits per heavy atom. The number of rotatable bonds is 8. The number of aliphatic hydroxyl groups excluding tert-OH is 1. The summed E-state index contributed by atoms with van der Waals surface area (Å²) < 4.78 is 10.4. The maximum atomic E-state index is 11.5. The van der Waals surface area contributed by atoms with Crippen LogP contribution in [0.4, 0.5) is 0 Å². The second-order valence-electron chi connectivity index (χ2n) is 6.94. The summed E-state index contributed by atoms with van der Waals surface area (Å²) in [4.78, 5) is 11.5. The van der Waals surface area contributed by atoms with Gasteiger partial charge in [0.05, 0.1) is 12.7 Å². The Morgan fingerprint density at radius 1 is 1.29 bits per heavy atom. The van der Waals surface area contributed by atoms with Gasteiger partial charge in [0.1, 0.15) is 5.75 Å². The number of ether oxygens (including phenoxy) is 2. The van der Waals surface area contributed by atoms with E-state index in [2.05, 4.69) is 11.4 Å². The van der Waals surface area contributed by atoms with E-state index < -0.39 is 6.10 Å². The number of benzene rings is 2. The maximum absolute atomic E-state index is 11.5. The van der Waals surface area contributed by atoms with Crippen LogP contribution in [0.25, 0.3) is 0 Å². The molecule has 6 heteroatoms. The van der Waals surface area contributed by atoms with Crippen molar-refractivity contribution < 1.29 is 19.4 Å². The van der Waals surface area contributed by atoms with E-state index in [4.69, 9.17) is 21.1 Å². The number of fused-ring (bicyclic) bond motifs is 1. The molecule has 3 rings (SSSR count). The molecular weight excluding hydrogens is 378 g/mol. The van der Waals surface area contributed by atoms with Crippen LogP contribution in [0.5, 0.6) is 5.75 Å². The lowest BCUT2D eigenvalue weighted by atomic mass is 9.88. The van der Waals surface area contributed by atoms with Gasteiger partial charge in [-0.15, -0.1) is 0 Å². The smallest absolute Gasteiger partial charge is 0.344 e. The lowest BCUT2D eigenvalue weighted by molar-refractivity contribution is -0.145. The largest absolute Gasteiger partial charge is 0.482 e. The predicted octanol–water partition coefficient (Wildman–Crippen LogP) is 3.46. The predicted molar refractivity (Wildman–Crippen MR) is 109 cm³/mol. The number of aryl methyl sites for hydroxylation is 1. The van der Waals surface area contributed by atoms with Crippen LogP contribution in [-0.2, 0) is 22.4 Å². The molecule has 1 aliphatic carbocycles. The molecule has 1 aliphatic rings. The standard InChI is InChI=1S/C22H26ClNO4/c1-2-27-22(26)14-28-20-9-7-15-6-8-19(11-17(15)12-20)24-13-21(25)16-4-3-5-18(23)10-16/h3-5,7,9-10,12,19,21,24-25H,2,6,8,11,13-14H2,1H3/t19-,21-/m1/s1. The van der Waals surface area contributed by atoms with E-state index in [9.17, 15) is 9.90 Å².